The number of aryl methyl sites for hydroxylation is 1. The van der Waals surface area contributed by atoms with Crippen molar-refractivity contribution in [2.24, 2.45) is 18.9 Å². The topological polar surface area (TPSA) is 17.8 Å². The molecule has 2 heteroatoms. The van der Waals surface area contributed by atoms with E-state index in [4.69, 9.17) is 0 Å². The summed E-state index contributed by atoms with van der Waals surface area (Å²) in [6.45, 7) is 4.71. The van der Waals surface area contributed by atoms with Crippen molar-refractivity contribution in [3.63, 3.8) is 0 Å². The average molecular weight is 206 g/mol. The highest BCUT2D eigenvalue weighted by atomic mass is 15.0. The predicted molar refractivity (Wildman–Crippen MR) is 62.7 cm³/mol. The second-order valence-corrected chi connectivity index (χ2v) is 5.26. The maximum atomic E-state index is 4.50. The van der Waals surface area contributed by atoms with Gasteiger partial charge in [0.15, 0.2) is 0 Å². The quantitative estimate of drug-likeness (QED) is 0.725. The van der Waals surface area contributed by atoms with E-state index in [0.717, 1.165) is 11.8 Å². The van der Waals surface area contributed by atoms with Gasteiger partial charge in [-0.2, -0.15) is 0 Å². The van der Waals surface area contributed by atoms with Gasteiger partial charge in [0.05, 0.1) is 0 Å². The summed E-state index contributed by atoms with van der Waals surface area (Å²) in [6, 6.07) is 0. The van der Waals surface area contributed by atoms with Gasteiger partial charge in [0.2, 0.25) is 0 Å². The Balaban J connectivity index is 2.08. The van der Waals surface area contributed by atoms with Gasteiger partial charge in [-0.25, -0.2) is 4.98 Å². The largest absolute Gasteiger partial charge is 0.338 e. The van der Waals surface area contributed by atoms with Crippen LogP contribution in [0.1, 0.15) is 51.3 Å². The average Bonchev–Trinajstić information content (AvgIpc) is 2.64. The normalized spacial score (nSPS) is 27.2. The zero-order valence-corrected chi connectivity index (χ0v) is 10.1. The molecule has 0 bridgehead atoms. The Bertz CT molecular complexity index is 314. The third kappa shape index (κ3) is 2.24. The van der Waals surface area contributed by atoms with Gasteiger partial charge in [0.25, 0.3) is 0 Å². The molecule has 1 aromatic heterocycles. The molecule has 2 rings (SSSR count). The van der Waals surface area contributed by atoms with Crippen molar-refractivity contribution < 1.29 is 0 Å². The van der Waals surface area contributed by atoms with E-state index in [1.165, 1.54) is 31.5 Å². The SMILES string of the molecule is CC(C)[C@@H]1CCC[C@H](c2nccn2C)C1. The first-order valence-electron chi connectivity index (χ1n) is 6.15. The molecular weight excluding hydrogens is 184 g/mol. The molecule has 84 valence electrons. The Morgan fingerprint density at radius 2 is 2.20 bits per heavy atom. The first kappa shape index (κ1) is 10.7. The van der Waals surface area contributed by atoms with Gasteiger partial charge in [0, 0.05) is 25.4 Å². The van der Waals surface area contributed by atoms with E-state index in [9.17, 15) is 0 Å². The Hall–Kier alpha value is -0.790. The van der Waals surface area contributed by atoms with Crippen LogP contribution in [0.25, 0.3) is 0 Å². The van der Waals surface area contributed by atoms with Crippen molar-refractivity contribution in [3.8, 4) is 0 Å². The van der Waals surface area contributed by atoms with Crippen molar-refractivity contribution in [1.29, 1.82) is 0 Å². The number of hydrogen-bond acceptors (Lipinski definition) is 1. The lowest BCUT2D eigenvalue weighted by molar-refractivity contribution is 0.248. The maximum absolute atomic E-state index is 4.50. The standard InChI is InChI=1S/C13H22N2/c1-10(2)11-5-4-6-12(9-11)13-14-7-8-15(13)3/h7-8,10-12H,4-6,9H2,1-3H3/t11-,12+/m1/s1. The number of imidazole rings is 1. The van der Waals surface area contributed by atoms with Gasteiger partial charge in [-0.1, -0.05) is 26.7 Å². The van der Waals surface area contributed by atoms with Crippen LogP contribution in [0.15, 0.2) is 12.4 Å². The zero-order chi connectivity index (χ0) is 10.8. The van der Waals surface area contributed by atoms with Crippen molar-refractivity contribution in [1.82, 2.24) is 9.55 Å². The van der Waals surface area contributed by atoms with Crippen molar-refractivity contribution in [2.75, 3.05) is 0 Å². The number of aromatic nitrogens is 2. The smallest absolute Gasteiger partial charge is 0.111 e. The third-order valence-electron chi connectivity index (χ3n) is 3.88. The first-order valence-corrected chi connectivity index (χ1v) is 6.15. The minimum Gasteiger partial charge on any atom is -0.338 e. The zero-order valence-electron chi connectivity index (χ0n) is 10.1. The van der Waals surface area contributed by atoms with Crippen LogP contribution in [0.3, 0.4) is 0 Å². The molecule has 0 radical (unpaired) electrons. The van der Waals surface area contributed by atoms with Crippen LogP contribution < -0.4 is 0 Å². The molecule has 0 spiro atoms. The lowest BCUT2D eigenvalue weighted by atomic mass is 9.76. The van der Waals surface area contributed by atoms with Gasteiger partial charge < -0.3 is 4.57 Å². The fourth-order valence-corrected chi connectivity index (χ4v) is 2.84. The van der Waals surface area contributed by atoms with Crippen LogP contribution in [-0.2, 0) is 7.05 Å². The number of nitrogens with zero attached hydrogens (tertiary/aromatic N) is 2. The molecule has 0 aliphatic heterocycles. The Labute approximate surface area is 92.7 Å². The summed E-state index contributed by atoms with van der Waals surface area (Å²) >= 11 is 0. The fraction of sp³-hybridized carbons (Fsp3) is 0.769. The van der Waals surface area contributed by atoms with E-state index in [1.807, 2.05) is 6.20 Å². The Morgan fingerprint density at radius 3 is 2.80 bits per heavy atom. The first-order chi connectivity index (χ1) is 7.18. The van der Waals surface area contributed by atoms with Crippen molar-refractivity contribution >= 4 is 0 Å². The van der Waals surface area contributed by atoms with Crippen molar-refractivity contribution in [3.05, 3.63) is 18.2 Å². The molecule has 0 amide bonds. The molecule has 2 atom stereocenters. The molecule has 0 unspecified atom stereocenters. The molecule has 15 heavy (non-hydrogen) atoms. The number of rotatable bonds is 2. The van der Waals surface area contributed by atoms with Crippen LogP contribution in [0.4, 0.5) is 0 Å². The van der Waals surface area contributed by atoms with Crippen LogP contribution in [-0.4, -0.2) is 9.55 Å². The summed E-state index contributed by atoms with van der Waals surface area (Å²) in [7, 11) is 2.11. The van der Waals surface area contributed by atoms with E-state index in [-0.39, 0.29) is 0 Å². The molecule has 1 aliphatic carbocycles. The molecule has 0 saturated heterocycles. The highest BCUT2D eigenvalue weighted by Gasteiger charge is 2.27. The van der Waals surface area contributed by atoms with Crippen LogP contribution >= 0.6 is 0 Å². The summed E-state index contributed by atoms with van der Waals surface area (Å²) in [5.41, 5.74) is 0. The lowest BCUT2D eigenvalue weighted by Gasteiger charge is -2.31. The lowest BCUT2D eigenvalue weighted by Crippen LogP contribution is -2.20. The minimum absolute atomic E-state index is 0.700. The monoisotopic (exact) mass is 206 g/mol. The second-order valence-electron chi connectivity index (χ2n) is 5.26. The summed E-state index contributed by atoms with van der Waals surface area (Å²) < 4.78 is 2.19. The van der Waals surface area contributed by atoms with E-state index in [1.54, 1.807) is 0 Å². The molecule has 1 fully saturated rings. The Morgan fingerprint density at radius 1 is 1.40 bits per heavy atom. The molecule has 1 aromatic rings. The predicted octanol–water partition coefficient (Wildman–Crippen LogP) is 3.35. The summed E-state index contributed by atoms with van der Waals surface area (Å²) in [5.74, 6) is 3.72. The Kier molecular flexibility index (Phi) is 3.13. The maximum Gasteiger partial charge on any atom is 0.111 e. The molecular formula is C13H22N2. The molecule has 1 saturated carbocycles. The van der Waals surface area contributed by atoms with Crippen LogP contribution in [0, 0.1) is 11.8 Å². The molecule has 2 nitrogen and oxygen atoms in total. The molecule has 1 aliphatic rings. The number of hydrogen-bond donors (Lipinski definition) is 0. The summed E-state index contributed by atoms with van der Waals surface area (Å²) in [4.78, 5) is 4.50. The van der Waals surface area contributed by atoms with Crippen LogP contribution in [0.5, 0.6) is 0 Å². The highest BCUT2D eigenvalue weighted by molar-refractivity contribution is 5.02. The molecule has 1 heterocycles. The van der Waals surface area contributed by atoms with Gasteiger partial charge in [-0.15, -0.1) is 0 Å². The second kappa shape index (κ2) is 4.38. The van der Waals surface area contributed by atoms with E-state index >= 15 is 0 Å². The van der Waals surface area contributed by atoms with Gasteiger partial charge in [-0.3, -0.25) is 0 Å². The molecule has 0 aromatic carbocycles. The fourth-order valence-electron chi connectivity index (χ4n) is 2.84. The summed E-state index contributed by atoms with van der Waals surface area (Å²) in [5, 5.41) is 0. The van der Waals surface area contributed by atoms with E-state index in [0.29, 0.717) is 5.92 Å². The van der Waals surface area contributed by atoms with Gasteiger partial charge in [-0.05, 0) is 24.7 Å². The van der Waals surface area contributed by atoms with E-state index in [2.05, 4.69) is 36.6 Å². The van der Waals surface area contributed by atoms with E-state index < -0.39 is 0 Å². The third-order valence-corrected chi connectivity index (χ3v) is 3.88. The highest BCUT2D eigenvalue weighted by Crippen LogP contribution is 2.38. The summed E-state index contributed by atoms with van der Waals surface area (Å²) in [6.07, 6.45) is 9.44. The van der Waals surface area contributed by atoms with Gasteiger partial charge >= 0.3 is 0 Å². The van der Waals surface area contributed by atoms with Gasteiger partial charge in [0.1, 0.15) is 5.82 Å². The van der Waals surface area contributed by atoms with Crippen molar-refractivity contribution in [2.45, 2.75) is 45.4 Å². The minimum atomic E-state index is 0.700. The van der Waals surface area contributed by atoms with Crippen LogP contribution in [0.2, 0.25) is 0 Å². The molecule has 0 N–H and O–H groups in total.